The first-order valence-electron chi connectivity index (χ1n) is 4.63. The van der Waals surface area contributed by atoms with E-state index in [1.807, 2.05) is 6.07 Å². The van der Waals surface area contributed by atoms with Crippen LogP contribution < -0.4 is 0 Å². The minimum absolute atomic E-state index is 0.156. The summed E-state index contributed by atoms with van der Waals surface area (Å²) in [5.74, 6) is 0.510. The van der Waals surface area contributed by atoms with Crippen molar-refractivity contribution >= 4 is 17.9 Å². The molecule has 0 aliphatic carbocycles. The Kier molecular flexibility index (Phi) is 2.92. The lowest BCUT2D eigenvalue weighted by Gasteiger charge is -2.05. The highest BCUT2D eigenvalue weighted by Crippen LogP contribution is 2.22. The zero-order chi connectivity index (χ0) is 11.5. The Hall–Kier alpha value is -1.81. The molecule has 80 valence electrons. The van der Waals surface area contributed by atoms with Gasteiger partial charge in [0, 0.05) is 6.20 Å². The largest absolute Gasteiger partial charge is 0.298 e. The molecule has 0 aliphatic heterocycles. The second-order valence-electron chi connectivity index (χ2n) is 3.16. The van der Waals surface area contributed by atoms with Crippen LogP contribution >= 0.6 is 11.6 Å². The Balaban J connectivity index is 2.69. The second-order valence-corrected chi connectivity index (χ2v) is 3.51. The van der Waals surface area contributed by atoms with Gasteiger partial charge >= 0.3 is 0 Å². The Morgan fingerprint density at radius 3 is 2.75 bits per heavy atom. The summed E-state index contributed by atoms with van der Waals surface area (Å²) < 4.78 is 0. The van der Waals surface area contributed by atoms with Crippen molar-refractivity contribution in [2.45, 2.75) is 6.92 Å². The number of nitrogens with zero attached hydrogens (tertiary/aromatic N) is 3. The van der Waals surface area contributed by atoms with Gasteiger partial charge in [-0.15, -0.1) is 0 Å². The maximum atomic E-state index is 10.9. The molecular weight excluding hydrogens is 226 g/mol. The maximum Gasteiger partial charge on any atom is 0.155 e. The van der Waals surface area contributed by atoms with Crippen molar-refractivity contribution in [1.82, 2.24) is 15.0 Å². The Morgan fingerprint density at radius 2 is 2.12 bits per heavy atom. The molecule has 0 N–H and O–H groups in total. The summed E-state index contributed by atoms with van der Waals surface area (Å²) >= 11 is 5.87. The van der Waals surface area contributed by atoms with Crippen LogP contribution in [0.25, 0.3) is 11.4 Å². The van der Waals surface area contributed by atoms with Crippen molar-refractivity contribution in [2.24, 2.45) is 0 Å². The quantitative estimate of drug-likeness (QED) is 0.590. The number of aldehydes is 1. The zero-order valence-electron chi connectivity index (χ0n) is 8.51. The lowest BCUT2D eigenvalue weighted by Crippen LogP contribution is -2.00. The molecule has 2 rings (SSSR count). The fraction of sp³-hybridized carbons (Fsp3) is 0.0909. The topological polar surface area (TPSA) is 55.7 Å². The van der Waals surface area contributed by atoms with Crippen molar-refractivity contribution in [2.75, 3.05) is 0 Å². The van der Waals surface area contributed by atoms with Crippen molar-refractivity contribution in [3.8, 4) is 11.4 Å². The van der Waals surface area contributed by atoms with E-state index in [9.17, 15) is 4.79 Å². The molecule has 16 heavy (non-hydrogen) atoms. The van der Waals surface area contributed by atoms with Crippen LogP contribution in [0.15, 0.2) is 24.4 Å². The van der Waals surface area contributed by atoms with Gasteiger partial charge in [0.05, 0.1) is 11.3 Å². The van der Waals surface area contributed by atoms with E-state index in [1.54, 1.807) is 25.3 Å². The molecule has 0 aliphatic rings. The molecule has 0 aromatic carbocycles. The molecule has 2 aromatic heterocycles. The van der Waals surface area contributed by atoms with Crippen LogP contribution in [0.4, 0.5) is 0 Å². The Bertz CT molecular complexity index is 528. The smallest absolute Gasteiger partial charge is 0.155 e. The fourth-order valence-electron chi connectivity index (χ4n) is 1.35. The third-order valence-electron chi connectivity index (χ3n) is 2.04. The summed E-state index contributed by atoms with van der Waals surface area (Å²) in [6, 6.07) is 5.38. The predicted molar refractivity (Wildman–Crippen MR) is 60.4 cm³/mol. The van der Waals surface area contributed by atoms with Gasteiger partial charge in [0.2, 0.25) is 0 Å². The van der Waals surface area contributed by atoms with Gasteiger partial charge in [0.25, 0.3) is 0 Å². The number of hydrogen-bond acceptors (Lipinski definition) is 4. The number of pyridine rings is 1. The van der Waals surface area contributed by atoms with Gasteiger partial charge in [-0.1, -0.05) is 17.7 Å². The SMILES string of the molecule is Cc1nc(Cl)c(C=O)c(-c2ccccn2)n1. The molecule has 0 atom stereocenters. The monoisotopic (exact) mass is 233 g/mol. The van der Waals surface area contributed by atoms with E-state index in [0.717, 1.165) is 0 Å². The van der Waals surface area contributed by atoms with Gasteiger partial charge in [-0.25, -0.2) is 9.97 Å². The summed E-state index contributed by atoms with van der Waals surface area (Å²) in [7, 11) is 0. The molecule has 2 aromatic rings. The van der Waals surface area contributed by atoms with Crippen LogP contribution in [-0.2, 0) is 0 Å². The fourth-order valence-corrected chi connectivity index (χ4v) is 1.61. The first-order chi connectivity index (χ1) is 7.72. The van der Waals surface area contributed by atoms with Crippen molar-refractivity contribution < 1.29 is 4.79 Å². The number of carbonyl (C=O) groups excluding carboxylic acids is 1. The van der Waals surface area contributed by atoms with Gasteiger partial charge in [0.15, 0.2) is 6.29 Å². The lowest BCUT2D eigenvalue weighted by molar-refractivity contribution is 0.112. The molecule has 0 fully saturated rings. The molecule has 0 radical (unpaired) electrons. The van der Waals surface area contributed by atoms with E-state index in [-0.39, 0.29) is 10.7 Å². The number of aryl methyl sites for hydroxylation is 1. The van der Waals surface area contributed by atoms with E-state index in [4.69, 9.17) is 11.6 Å². The molecule has 0 spiro atoms. The van der Waals surface area contributed by atoms with Gasteiger partial charge in [-0.3, -0.25) is 9.78 Å². The number of hydrogen-bond donors (Lipinski definition) is 0. The highest BCUT2D eigenvalue weighted by atomic mass is 35.5. The molecule has 0 saturated carbocycles. The number of carbonyl (C=O) groups is 1. The molecule has 0 amide bonds. The third-order valence-corrected chi connectivity index (χ3v) is 2.32. The van der Waals surface area contributed by atoms with Crippen LogP contribution in [-0.4, -0.2) is 21.2 Å². The van der Waals surface area contributed by atoms with Gasteiger partial charge in [0.1, 0.15) is 16.7 Å². The van der Waals surface area contributed by atoms with Crippen molar-refractivity contribution in [3.05, 3.63) is 40.9 Å². The van der Waals surface area contributed by atoms with E-state index in [1.165, 1.54) is 0 Å². The molecule has 5 heteroatoms. The highest BCUT2D eigenvalue weighted by molar-refractivity contribution is 6.32. The minimum atomic E-state index is 0.156. The van der Waals surface area contributed by atoms with Crippen LogP contribution in [0.5, 0.6) is 0 Å². The van der Waals surface area contributed by atoms with Crippen LogP contribution in [0.2, 0.25) is 5.15 Å². The number of rotatable bonds is 2. The molecule has 0 saturated heterocycles. The van der Waals surface area contributed by atoms with E-state index in [0.29, 0.717) is 23.5 Å². The lowest BCUT2D eigenvalue weighted by atomic mass is 10.2. The summed E-state index contributed by atoms with van der Waals surface area (Å²) in [5, 5.41) is 0.156. The average Bonchev–Trinajstić information content (AvgIpc) is 2.29. The molecule has 4 nitrogen and oxygen atoms in total. The predicted octanol–water partition coefficient (Wildman–Crippen LogP) is 2.31. The average molecular weight is 234 g/mol. The van der Waals surface area contributed by atoms with Crippen molar-refractivity contribution in [1.29, 1.82) is 0 Å². The third kappa shape index (κ3) is 1.92. The summed E-state index contributed by atoms with van der Waals surface area (Å²) in [5.41, 5.74) is 1.34. The first-order valence-corrected chi connectivity index (χ1v) is 5.01. The zero-order valence-corrected chi connectivity index (χ0v) is 9.27. The summed E-state index contributed by atoms with van der Waals surface area (Å²) in [6.07, 6.45) is 2.28. The number of halogens is 1. The molecule has 2 heterocycles. The molecular formula is C11H8ClN3O. The minimum Gasteiger partial charge on any atom is -0.298 e. The standard InChI is InChI=1S/C11H8ClN3O/c1-7-14-10(8(6-16)11(12)15-7)9-4-2-3-5-13-9/h2-6H,1H3. The van der Waals surface area contributed by atoms with Gasteiger partial charge in [-0.2, -0.15) is 0 Å². The van der Waals surface area contributed by atoms with E-state index < -0.39 is 0 Å². The number of aromatic nitrogens is 3. The highest BCUT2D eigenvalue weighted by Gasteiger charge is 2.13. The maximum absolute atomic E-state index is 10.9. The molecule has 0 bridgehead atoms. The van der Waals surface area contributed by atoms with Gasteiger partial charge < -0.3 is 0 Å². The van der Waals surface area contributed by atoms with E-state index in [2.05, 4.69) is 15.0 Å². The summed E-state index contributed by atoms with van der Waals surface area (Å²) in [6.45, 7) is 1.72. The van der Waals surface area contributed by atoms with Gasteiger partial charge in [-0.05, 0) is 19.1 Å². The second kappa shape index (κ2) is 4.37. The van der Waals surface area contributed by atoms with Crippen LogP contribution in [0.3, 0.4) is 0 Å². The Morgan fingerprint density at radius 1 is 1.31 bits per heavy atom. The van der Waals surface area contributed by atoms with Crippen molar-refractivity contribution in [3.63, 3.8) is 0 Å². The summed E-state index contributed by atoms with van der Waals surface area (Å²) in [4.78, 5) is 23.2. The Labute approximate surface area is 97.3 Å². The first kappa shape index (κ1) is 10.7. The van der Waals surface area contributed by atoms with Crippen LogP contribution in [0, 0.1) is 6.92 Å². The van der Waals surface area contributed by atoms with Crippen LogP contribution in [0.1, 0.15) is 16.2 Å². The molecule has 0 unspecified atom stereocenters. The normalized spacial score (nSPS) is 10.1. The van der Waals surface area contributed by atoms with E-state index >= 15 is 0 Å².